The van der Waals surface area contributed by atoms with Crippen LogP contribution in [-0.2, 0) is 0 Å². The van der Waals surface area contributed by atoms with Crippen LogP contribution in [0.3, 0.4) is 0 Å². The van der Waals surface area contributed by atoms with Gasteiger partial charge in [0.15, 0.2) is 23.3 Å². The molecule has 2 heterocycles. The normalized spacial score (nSPS) is 15.7. The molecular formula is C15H7F5N2. The third-order valence-corrected chi connectivity index (χ3v) is 3.14. The number of hydrogen-bond acceptors (Lipinski definition) is 1. The maximum atomic E-state index is 14.1. The minimum atomic E-state index is -2.19. The molecule has 0 amide bonds. The first-order valence-corrected chi connectivity index (χ1v) is 6.13. The van der Waals surface area contributed by atoms with E-state index in [4.69, 9.17) is 0 Å². The molecule has 0 bridgehead atoms. The number of halogens is 5. The second-order valence-corrected chi connectivity index (χ2v) is 4.43. The molecule has 22 heavy (non-hydrogen) atoms. The summed E-state index contributed by atoms with van der Waals surface area (Å²) in [4.78, 5) is 6.57. The fraction of sp³-hybridized carbons (Fsp3) is 0. The Morgan fingerprint density at radius 3 is 2.05 bits per heavy atom. The predicted octanol–water partition coefficient (Wildman–Crippen LogP) is 4.11. The summed E-state index contributed by atoms with van der Waals surface area (Å²) in [6, 6.07) is 2.98. The molecule has 0 saturated carbocycles. The average Bonchev–Trinajstić information content (AvgIpc) is 3.20. The quantitative estimate of drug-likeness (QED) is 0.491. The van der Waals surface area contributed by atoms with Crippen molar-refractivity contribution < 1.29 is 22.0 Å². The zero-order chi connectivity index (χ0) is 15.9. The van der Waals surface area contributed by atoms with Crippen LogP contribution in [0.2, 0.25) is 0 Å². The maximum absolute atomic E-state index is 14.1. The van der Waals surface area contributed by atoms with Gasteiger partial charge in [-0.2, -0.15) is 0 Å². The van der Waals surface area contributed by atoms with Crippen molar-refractivity contribution in [1.29, 1.82) is 0 Å². The molecule has 2 nitrogen and oxygen atoms in total. The Labute approximate surface area is 121 Å². The monoisotopic (exact) mass is 310 g/mol. The van der Waals surface area contributed by atoms with Crippen LogP contribution in [0.5, 0.6) is 0 Å². The lowest BCUT2D eigenvalue weighted by atomic mass is 9.98. The Hall–Kier alpha value is -2.70. The summed E-state index contributed by atoms with van der Waals surface area (Å²) in [5.74, 6) is -9.98. The minimum absolute atomic E-state index is 0.0886. The minimum Gasteiger partial charge on any atom is -0.361 e. The van der Waals surface area contributed by atoms with Gasteiger partial charge in [-0.3, -0.25) is 4.99 Å². The lowest BCUT2D eigenvalue weighted by molar-refractivity contribution is 0.376. The Balaban J connectivity index is 2.40. The highest BCUT2D eigenvalue weighted by Crippen LogP contribution is 2.35. The van der Waals surface area contributed by atoms with Crippen molar-refractivity contribution >= 4 is 11.8 Å². The van der Waals surface area contributed by atoms with E-state index in [1.807, 2.05) is 0 Å². The van der Waals surface area contributed by atoms with Gasteiger partial charge in [-0.15, -0.1) is 0 Å². The Morgan fingerprint density at radius 1 is 0.909 bits per heavy atom. The van der Waals surface area contributed by atoms with Gasteiger partial charge >= 0.3 is 0 Å². The number of allylic oxidation sites excluding steroid dienone is 2. The summed E-state index contributed by atoms with van der Waals surface area (Å²) in [6.07, 6.45) is 5.72. The van der Waals surface area contributed by atoms with E-state index in [0.29, 0.717) is 0 Å². The van der Waals surface area contributed by atoms with Gasteiger partial charge in [0.05, 0.1) is 11.3 Å². The molecule has 0 atom stereocenters. The molecule has 112 valence electrons. The molecular weight excluding hydrogens is 303 g/mol. The largest absolute Gasteiger partial charge is 0.361 e. The third kappa shape index (κ3) is 2.05. The molecule has 1 aliphatic rings. The van der Waals surface area contributed by atoms with E-state index < -0.39 is 34.6 Å². The third-order valence-electron chi connectivity index (χ3n) is 3.14. The fourth-order valence-corrected chi connectivity index (χ4v) is 2.16. The Bertz CT molecular complexity index is 789. The number of hydrogen-bond donors (Lipinski definition) is 1. The van der Waals surface area contributed by atoms with Crippen LogP contribution < -0.4 is 0 Å². The molecule has 0 radical (unpaired) electrons. The molecule has 2 aromatic rings. The van der Waals surface area contributed by atoms with Gasteiger partial charge in [-0.05, 0) is 24.3 Å². The highest BCUT2D eigenvalue weighted by atomic mass is 19.2. The SMILES string of the molecule is Fc1c(F)c(F)c(/C(=C2\C=CC=N2)c2ccc[nH]2)c(F)c1F. The van der Waals surface area contributed by atoms with Crippen LogP contribution in [-0.4, -0.2) is 11.2 Å². The predicted molar refractivity (Wildman–Crippen MR) is 70.7 cm³/mol. The van der Waals surface area contributed by atoms with Crippen LogP contribution in [0, 0.1) is 29.1 Å². The van der Waals surface area contributed by atoms with Crippen molar-refractivity contribution in [2.75, 3.05) is 0 Å². The first kappa shape index (κ1) is 14.2. The number of aromatic amines is 1. The van der Waals surface area contributed by atoms with Gasteiger partial charge in [0.2, 0.25) is 5.82 Å². The number of nitrogens with one attached hydrogen (secondary N) is 1. The van der Waals surface area contributed by atoms with Crippen LogP contribution in [0.4, 0.5) is 22.0 Å². The second kappa shape index (κ2) is 5.25. The van der Waals surface area contributed by atoms with E-state index in [9.17, 15) is 22.0 Å². The highest BCUT2D eigenvalue weighted by Gasteiger charge is 2.30. The van der Waals surface area contributed by atoms with Crippen LogP contribution in [0.15, 0.2) is 41.2 Å². The molecule has 1 N–H and O–H groups in total. The van der Waals surface area contributed by atoms with Gasteiger partial charge in [0, 0.05) is 23.7 Å². The molecule has 0 unspecified atom stereocenters. The number of benzene rings is 1. The van der Waals surface area contributed by atoms with Gasteiger partial charge < -0.3 is 4.98 Å². The zero-order valence-electron chi connectivity index (χ0n) is 10.8. The molecule has 1 aromatic heterocycles. The van der Waals surface area contributed by atoms with Crippen molar-refractivity contribution in [1.82, 2.24) is 4.98 Å². The zero-order valence-corrected chi connectivity index (χ0v) is 10.8. The van der Waals surface area contributed by atoms with Gasteiger partial charge in [-0.1, -0.05) is 0 Å². The molecule has 0 fully saturated rings. The number of H-pyrrole nitrogens is 1. The molecule has 3 rings (SSSR count). The number of aromatic nitrogens is 1. The first-order valence-electron chi connectivity index (χ1n) is 6.13. The molecule has 0 aliphatic carbocycles. The van der Waals surface area contributed by atoms with Crippen molar-refractivity contribution in [3.8, 4) is 0 Å². The van der Waals surface area contributed by atoms with Crippen LogP contribution in [0.1, 0.15) is 11.3 Å². The summed E-state index contributed by atoms with van der Waals surface area (Å²) in [5.41, 5.74) is -0.951. The molecule has 0 spiro atoms. The highest BCUT2D eigenvalue weighted by molar-refractivity contribution is 5.88. The van der Waals surface area contributed by atoms with Gasteiger partial charge in [-0.25, -0.2) is 22.0 Å². The van der Waals surface area contributed by atoms with E-state index in [0.717, 1.165) is 0 Å². The van der Waals surface area contributed by atoms with Gasteiger partial charge in [0.1, 0.15) is 0 Å². The number of nitrogens with zero attached hydrogens (tertiary/aromatic N) is 1. The van der Waals surface area contributed by atoms with Crippen molar-refractivity contribution in [2.45, 2.75) is 0 Å². The second-order valence-electron chi connectivity index (χ2n) is 4.43. The van der Waals surface area contributed by atoms with Crippen molar-refractivity contribution in [2.24, 2.45) is 4.99 Å². The Morgan fingerprint density at radius 2 is 1.55 bits per heavy atom. The summed E-state index contributed by atoms with van der Waals surface area (Å²) in [5, 5.41) is 0. The Kier molecular flexibility index (Phi) is 3.40. The van der Waals surface area contributed by atoms with Crippen LogP contribution in [0.25, 0.3) is 5.57 Å². The summed E-state index contributed by atoms with van der Waals surface area (Å²) >= 11 is 0. The van der Waals surface area contributed by atoms with E-state index in [1.165, 1.54) is 36.7 Å². The first-order chi connectivity index (χ1) is 10.5. The van der Waals surface area contributed by atoms with Gasteiger partial charge in [0.25, 0.3) is 0 Å². The summed E-state index contributed by atoms with van der Waals surface area (Å²) < 4.78 is 68.2. The van der Waals surface area contributed by atoms with Crippen LogP contribution >= 0.6 is 0 Å². The maximum Gasteiger partial charge on any atom is 0.200 e. The smallest absolute Gasteiger partial charge is 0.200 e. The molecule has 0 saturated heterocycles. The lowest BCUT2D eigenvalue weighted by Gasteiger charge is -2.12. The average molecular weight is 310 g/mol. The standard InChI is InChI=1S/C15H7F5N2/c16-11-10(12(17)14(19)15(20)13(11)18)9(7-3-1-5-21-7)8-4-2-6-22-8/h1-6,21H/b9-8+. The van der Waals surface area contributed by atoms with E-state index >= 15 is 0 Å². The fourth-order valence-electron chi connectivity index (χ4n) is 2.16. The lowest BCUT2D eigenvalue weighted by Crippen LogP contribution is -2.08. The summed E-state index contributed by atoms with van der Waals surface area (Å²) in [6.45, 7) is 0. The van der Waals surface area contributed by atoms with Crippen molar-refractivity contribution in [3.05, 3.63) is 76.5 Å². The topological polar surface area (TPSA) is 28.1 Å². The van der Waals surface area contributed by atoms with Crippen molar-refractivity contribution in [3.63, 3.8) is 0 Å². The van der Waals surface area contributed by atoms with E-state index in [-0.39, 0.29) is 17.0 Å². The number of aliphatic imine (C=N–C) groups is 1. The molecule has 1 aliphatic heterocycles. The summed E-state index contributed by atoms with van der Waals surface area (Å²) in [7, 11) is 0. The van der Waals surface area contributed by atoms with E-state index in [1.54, 1.807) is 0 Å². The van der Waals surface area contributed by atoms with E-state index in [2.05, 4.69) is 9.98 Å². The molecule has 1 aromatic carbocycles. The molecule has 7 heteroatoms. The number of rotatable bonds is 2.